The molecular formula is C25H48Si. The van der Waals surface area contributed by atoms with Gasteiger partial charge < -0.3 is 0 Å². The van der Waals surface area contributed by atoms with Crippen LogP contribution >= 0.6 is 0 Å². The first-order chi connectivity index (χ1) is 12.6. The van der Waals surface area contributed by atoms with Crippen molar-refractivity contribution < 1.29 is 0 Å². The van der Waals surface area contributed by atoms with Gasteiger partial charge in [-0.1, -0.05) is 124 Å². The van der Waals surface area contributed by atoms with Crippen molar-refractivity contribution in [1.29, 1.82) is 0 Å². The Bertz CT molecular complexity index is 337. The number of rotatable bonds is 6. The van der Waals surface area contributed by atoms with Gasteiger partial charge in [0.05, 0.1) is 8.07 Å². The van der Waals surface area contributed by atoms with Crippen LogP contribution in [0.2, 0.25) is 22.7 Å². The van der Waals surface area contributed by atoms with Crippen LogP contribution in [0, 0.1) is 17.8 Å². The Kier molecular flexibility index (Phi) is 7.74. The Morgan fingerprint density at radius 3 is 1.12 bits per heavy atom. The molecule has 3 fully saturated rings. The van der Waals surface area contributed by atoms with Crippen molar-refractivity contribution in [2.45, 2.75) is 140 Å². The van der Waals surface area contributed by atoms with Gasteiger partial charge in [0.25, 0.3) is 0 Å². The molecule has 26 heavy (non-hydrogen) atoms. The summed E-state index contributed by atoms with van der Waals surface area (Å²) in [5, 5.41) is 0. The second-order valence-electron chi connectivity index (χ2n) is 11.1. The van der Waals surface area contributed by atoms with Gasteiger partial charge in [0.2, 0.25) is 0 Å². The molecular weight excluding hydrogens is 328 g/mol. The van der Waals surface area contributed by atoms with Gasteiger partial charge in [-0.25, -0.2) is 0 Å². The zero-order valence-electron chi connectivity index (χ0n) is 18.6. The van der Waals surface area contributed by atoms with Crippen molar-refractivity contribution in [2.75, 3.05) is 0 Å². The summed E-state index contributed by atoms with van der Waals surface area (Å²) in [7, 11) is -1.20. The first-order valence-electron chi connectivity index (χ1n) is 12.6. The maximum absolute atomic E-state index is 2.52. The van der Waals surface area contributed by atoms with E-state index in [1.54, 1.807) is 89.5 Å². The van der Waals surface area contributed by atoms with E-state index in [1.807, 2.05) is 0 Å². The van der Waals surface area contributed by atoms with Crippen LogP contribution < -0.4 is 0 Å². The van der Waals surface area contributed by atoms with Crippen molar-refractivity contribution in [3.8, 4) is 0 Å². The number of hydrogen-bond acceptors (Lipinski definition) is 0. The first-order valence-corrected chi connectivity index (χ1v) is 15.0. The maximum atomic E-state index is 2.52. The third-order valence-corrected chi connectivity index (χ3v) is 16.8. The molecule has 0 amide bonds. The molecule has 0 heterocycles. The highest BCUT2D eigenvalue weighted by Gasteiger charge is 2.52. The molecule has 1 heteroatoms. The maximum Gasteiger partial charge on any atom is 0.0629 e. The lowest BCUT2D eigenvalue weighted by Crippen LogP contribution is -2.51. The van der Waals surface area contributed by atoms with Gasteiger partial charge in [-0.05, 0) is 34.4 Å². The van der Waals surface area contributed by atoms with Gasteiger partial charge in [0, 0.05) is 0 Å². The van der Waals surface area contributed by atoms with Gasteiger partial charge in [-0.2, -0.15) is 0 Å². The van der Waals surface area contributed by atoms with Crippen LogP contribution in [0.5, 0.6) is 0 Å². The van der Waals surface area contributed by atoms with E-state index in [9.17, 15) is 0 Å². The molecule has 0 aromatic heterocycles. The van der Waals surface area contributed by atoms with Gasteiger partial charge in [-0.3, -0.25) is 0 Å². The van der Waals surface area contributed by atoms with Crippen molar-refractivity contribution in [3.05, 3.63) is 0 Å². The summed E-state index contributed by atoms with van der Waals surface area (Å²) in [5.74, 6) is 3.05. The minimum atomic E-state index is -1.20. The molecule has 0 saturated heterocycles. The van der Waals surface area contributed by atoms with Crippen LogP contribution in [-0.4, -0.2) is 8.07 Å². The third kappa shape index (κ3) is 4.61. The number of hydrogen-bond donors (Lipinski definition) is 0. The van der Waals surface area contributed by atoms with E-state index < -0.39 is 8.07 Å². The molecule has 3 rings (SSSR count). The lowest BCUT2D eigenvalue weighted by atomic mass is 9.89. The summed E-state index contributed by atoms with van der Waals surface area (Å²) < 4.78 is 0. The second-order valence-corrected chi connectivity index (χ2v) is 16.3. The molecule has 0 aromatic carbocycles. The summed E-state index contributed by atoms with van der Waals surface area (Å²) in [4.78, 5) is 0. The predicted octanol–water partition coefficient (Wildman–Crippen LogP) is 8.98. The van der Waals surface area contributed by atoms with Crippen molar-refractivity contribution in [2.24, 2.45) is 17.8 Å². The minimum Gasteiger partial charge on any atom is -0.0654 e. The molecule has 0 unspecified atom stereocenters. The smallest absolute Gasteiger partial charge is 0.0629 e. The van der Waals surface area contributed by atoms with Crippen LogP contribution in [0.15, 0.2) is 0 Å². The molecule has 0 aromatic rings. The highest BCUT2D eigenvalue weighted by Crippen LogP contribution is 2.60. The van der Waals surface area contributed by atoms with E-state index in [4.69, 9.17) is 0 Å². The second kappa shape index (κ2) is 9.62. The minimum absolute atomic E-state index is 1.02. The molecule has 3 aliphatic rings. The quantitative estimate of drug-likeness (QED) is 0.406. The van der Waals surface area contributed by atoms with E-state index in [1.165, 1.54) is 23.0 Å². The van der Waals surface area contributed by atoms with Gasteiger partial charge in [0.15, 0.2) is 0 Å². The number of unbranched alkanes of at least 4 members (excludes halogenated alkanes) is 1. The summed E-state index contributed by atoms with van der Waals surface area (Å²) in [6.07, 6.45) is 22.0. The zero-order chi connectivity index (χ0) is 18.6. The third-order valence-electron chi connectivity index (χ3n) is 9.29. The topological polar surface area (TPSA) is 0 Å². The summed E-state index contributed by atoms with van der Waals surface area (Å²) in [6.45, 7) is 10.0. The largest absolute Gasteiger partial charge is 0.0654 e. The molecule has 0 aliphatic heterocycles. The molecule has 0 nitrogen and oxygen atoms in total. The Hall–Kier alpha value is 0.217. The van der Waals surface area contributed by atoms with Crippen LogP contribution in [0.1, 0.15) is 118 Å². The molecule has 0 bridgehead atoms. The van der Waals surface area contributed by atoms with E-state index in [0.717, 1.165) is 17.8 Å². The fourth-order valence-electron chi connectivity index (χ4n) is 7.49. The standard InChI is InChI=1S/C25H48Si/c1-5-6-19-26(23-13-7-20(2)8-14-23,24-15-9-21(3)10-16-24)25-17-11-22(4)12-18-25/h20-25H,5-19H2,1-4H3. The van der Waals surface area contributed by atoms with Crippen molar-refractivity contribution >= 4 is 8.07 Å². The SMILES string of the molecule is CCCC[Si](C1CCC(C)CC1)(C1CCC(C)CC1)C1CCC(C)CC1. The predicted molar refractivity (Wildman–Crippen MR) is 120 cm³/mol. The molecule has 0 spiro atoms. The van der Waals surface area contributed by atoms with Gasteiger partial charge >= 0.3 is 0 Å². The summed E-state index contributed by atoms with van der Waals surface area (Å²) in [6, 6.07) is 1.71. The Morgan fingerprint density at radius 1 is 0.538 bits per heavy atom. The fourth-order valence-corrected chi connectivity index (χ4v) is 15.9. The summed E-state index contributed by atoms with van der Waals surface area (Å²) >= 11 is 0. The van der Waals surface area contributed by atoms with Crippen molar-refractivity contribution in [1.82, 2.24) is 0 Å². The highest BCUT2D eigenvalue weighted by molar-refractivity contribution is 6.84. The van der Waals surface area contributed by atoms with Crippen LogP contribution in [0.3, 0.4) is 0 Å². The monoisotopic (exact) mass is 376 g/mol. The Balaban J connectivity index is 1.87. The Morgan fingerprint density at radius 2 is 0.846 bits per heavy atom. The van der Waals surface area contributed by atoms with E-state index in [0.29, 0.717) is 0 Å². The lowest BCUT2D eigenvalue weighted by Gasteiger charge is -2.55. The van der Waals surface area contributed by atoms with E-state index >= 15 is 0 Å². The van der Waals surface area contributed by atoms with E-state index in [2.05, 4.69) is 27.7 Å². The molecule has 0 radical (unpaired) electrons. The zero-order valence-corrected chi connectivity index (χ0v) is 19.6. The Labute approximate surface area is 166 Å². The van der Waals surface area contributed by atoms with Gasteiger partial charge in [-0.15, -0.1) is 0 Å². The molecule has 0 N–H and O–H groups in total. The average Bonchev–Trinajstić information content (AvgIpc) is 2.66. The fraction of sp³-hybridized carbons (Fsp3) is 1.00. The normalized spacial score (nSPS) is 41.5. The molecule has 0 atom stereocenters. The van der Waals surface area contributed by atoms with Gasteiger partial charge in [0.1, 0.15) is 0 Å². The highest BCUT2D eigenvalue weighted by atomic mass is 28.3. The molecule has 3 aliphatic carbocycles. The average molecular weight is 377 g/mol. The van der Waals surface area contributed by atoms with Crippen molar-refractivity contribution in [3.63, 3.8) is 0 Å². The lowest BCUT2D eigenvalue weighted by molar-refractivity contribution is 0.326. The molecule has 152 valence electrons. The summed E-state index contributed by atoms with van der Waals surface area (Å²) in [5.41, 5.74) is 3.59. The first kappa shape index (κ1) is 20.9. The van der Waals surface area contributed by atoms with Crippen LogP contribution in [-0.2, 0) is 0 Å². The van der Waals surface area contributed by atoms with E-state index in [-0.39, 0.29) is 0 Å². The van der Waals surface area contributed by atoms with Crippen LogP contribution in [0.4, 0.5) is 0 Å². The molecule has 3 saturated carbocycles. The van der Waals surface area contributed by atoms with Crippen LogP contribution in [0.25, 0.3) is 0 Å².